The second-order valence-corrected chi connectivity index (χ2v) is 14.7. The number of carbonyl (C=O) groups excluding carboxylic acids is 2. The molecule has 7 rings (SSSR count). The van der Waals surface area contributed by atoms with Crippen LogP contribution in [0.15, 0.2) is 115 Å². The van der Waals surface area contributed by atoms with E-state index in [9.17, 15) is 27.9 Å². The highest BCUT2D eigenvalue weighted by Gasteiger charge is 2.47. The summed E-state index contributed by atoms with van der Waals surface area (Å²) in [5.74, 6) is -2.59. The summed E-state index contributed by atoms with van der Waals surface area (Å²) in [6.07, 6.45) is -4.94. The number of hydrogen-bond acceptors (Lipinski definition) is 6. The number of nitrogens with one attached hydrogen (secondary N) is 1. The highest BCUT2D eigenvalue weighted by molar-refractivity contribution is 5.90. The van der Waals surface area contributed by atoms with Crippen LogP contribution in [-0.2, 0) is 32.2 Å². The lowest BCUT2D eigenvalue weighted by Gasteiger charge is -2.39. The number of fused-ring (bicyclic) bond motifs is 1. The fraction of sp³-hybridized carbons (Fsp3) is 0.333. The van der Waals surface area contributed by atoms with Gasteiger partial charge in [0.15, 0.2) is 6.29 Å². The number of likely N-dealkylation sites (N-methyl/N-ethyl adjacent to an activating group) is 1. The van der Waals surface area contributed by atoms with Crippen LogP contribution in [0.25, 0.3) is 21.9 Å². The van der Waals surface area contributed by atoms with Crippen molar-refractivity contribution >= 4 is 22.6 Å². The lowest BCUT2D eigenvalue weighted by Crippen LogP contribution is -2.50. The van der Waals surface area contributed by atoms with Crippen LogP contribution in [0.4, 0.5) is 13.2 Å². The molecular formula is C45H46F3N3O5. The molecule has 5 aromatic rings. The quantitative estimate of drug-likeness (QED) is 0.140. The number of halogens is 3. The van der Waals surface area contributed by atoms with E-state index >= 15 is 0 Å². The second-order valence-electron chi connectivity index (χ2n) is 14.7. The zero-order valence-electron chi connectivity index (χ0n) is 31.4. The number of amides is 2. The second kappa shape index (κ2) is 17.0. The van der Waals surface area contributed by atoms with Gasteiger partial charge in [0, 0.05) is 37.7 Å². The van der Waals surface area contributed by atoms with E-state index in [1.54, 1.807) is 0 Å². The van der Waals surface area contributed by atoms with Crippen molar-refractivity contribution in [2.45, 2.75) is 76.1 Å². The summed E-state index contributed by atoms with van der Waals surface area (Å²) in [5, 5.41) is 14.8. The minimum Gasteiger partial charge on any atom is -0.392 e. The Labute approximate surface area is 324 Å². The van der Waals surface area contributed by atoms with E-state index < -0.39 is 30.3 Å². The third kappa shape index (κ3) is 8.81. The molecule has 56 heavy (non-hydrogen) atoms. The largest absolute Gasteiger partial charge is 0.471 e. The molecule has 2 aliphatic heterocycles. The summed E-state index contributed by atoms with van der Waals surface area (Å²) in [6, 6.07) is 37.1. The molecule has 0 radical (unpaired) electrons. The van der Waals surface area contributed by atoms with Gasteiger partial charge in [-0.1, -0.05) is 109 Å². The lowest BCUT2D eigenvalue weighted by molar-refractivity contribution is -0.253. The average Bonchev–Trinajstić information content (AvgIpc) is 3.72. The minimum absolute atomic E-state index is 0.0401. The van der Waals surface area contributed by atoms with Crippen molar-refractivity contribution in [3.05, 3.63) is 143 Å². The first kappa shape index (κ1) is 39.2. The summed E-state index contributed by atoms with van der Waals surface area (Å²) in [7, 11) is 2.11. The Bertz CT molecular complexity index is 2140. The van der Waals surface area contributed by atoms with Crippen molar-refractivity contribution < 1.29 is 37.3 Å². The van der Waals surface area contributed by atoms with E-state index in [0.717, 1.165) is 33.4 Å². The van der Waals surface area contributed by atoms with Crippen LogP contribution < -0.4 is 5.32 Å². The van der Waals surface area contributed by atoms with Crippen LogP contribution >= 0.6 is 0 Å². The number of alkyl halides is 3. The molecule has 2 saturated heterocycles. The van der Waals surface area contributed by atoms with Gasteiger partial charge in [0.1, 0.15) is 6.04 Å². The van der Waals surface area contributed by atoms with Crippen molar-refractivity contribution in [1.29, 1.82) is 0 Å². The van der Waals surface area contributed by atoms with Gasteiger partial charge >= 0.3 is 12.1 Å². The standard InChI is InChI=1S/C45H46F3N3O5/c1-29(35-22-17-31-8-3-4-9-36(31)24-35)50(2)27-38-25-41(33-15-13-30(28-52)14-16-33)56-43(55-38)34-20-18-32(19-21-34)39-11-6-5-10-37(39)26-49-42(53)40-12-7-23-51(40)44(54)45(46,47)48/h3-6,8-11,13-22,24,29,38,40-41,43,52H,7,12,23,25-28H2,1-2H3,(H,49,53). The van der Waals surface area contributed by atoms with Gasteiger partial charge in [0.05, 0.1) is 18.8 Å². The molecule has 2 N–H and O–H groups in total. The first-order valence-electron chi connectivity index (χ1n) is 19.0. The van der Waals surface area contributed by atoms with Gasteiger partial charge in [0.25, 0.3) is 0 Å². The summed E-state index contributed by atoms with van der Waals surface area (Å²) in [4.78, 5) is 27.9. The van der Waals surface area contributed by atoms with Crippen LogP contribution in [0.2, 0.25) is 0 Å². The molecule has 0 aliphatic carbocycles. The molecule has 0 aromatic heterocycles. The van der Waals surface area contributed by atoms with Gasteiger partial charge in [-0.15, -0.1) is 0 Å². The van der Waals surface area contributed by atoms with Gasteiger partial charge in [-0.3, -0.25) is 14.5 Å². The average molecular weight is 766 g/mol. The third-order valence-corrected chi connectivity index (χ3v) is 11.0. The van der Waals surface area contributed by atoms with Gasteiger partial charge in [-0.25, -0.2) is 0 Å². The Morgan fingerprint density at radius 2 is 1.59 bits per heavy atom. The summed E-state index contributed by atoms with van der Waals surface area (Å²) in [6.45, 7) is 2.80. The Balaban J connectivity index is 1.06. The van der Waals surface area contributed by atoms with Crippen molar-refractivity contribution in [3.8, 4) is 11.1 Å². The van der Waals surface area contributed by atoms with Crippen LogP contribution in [-0.4, -0.2) is 65.2 Å². The van der Waals surface area contributed by atoms with Gasteiger partial charge in [-0.2, -0.15) is 13.2 Å². The first-order valence-corrected chi connectivity index (χ1v) is 19.0. The van der Waals surface area contributed by atoms with E-state index in [1.807, 2.05) is 78.9 Å². The molecule has 8 nitrogen and oxygen atoms in total. The number of ether oxygens (including phenoxy) is 2. The number of likely N-dealkylation sites (tertiary alicyclic amines) is 1. The molecule has 11 heteroatoms. The predicted octanol–water partition coefficient (Wildman–Crippen LogP) is 8.41. The molecule has 2 fully saturated rings. The van der Waals surface area contributed by atoms with E-state index in [0.29, 0.717) is 24.3 Å². The Hall–Kier alpha value is -5.07. The zero-order chi connectivity index (χ0) is 39.4. The van der Waals surface area contributed by atoms with Crippen molar-refractivity contribution in [1.82, 2.24) is 15.1 Å². The van der Waals surface area contributed by atoms with Crippen LogP contribution in [0.5, 0.6) is 0 Å². The Morgan fingerprint density at radius 1 is 0.893 bits per heavy atom. The van der Waals surface area contributed by atoms with E-state index in [1.165, 1.54) is 16.3 Å². The van der Waals surface area contributed by atoms with E-state index in [4.69, 9.17) is 9.47 Å². The number of aliphatic hydroxyl groups excluding tert-OH is 1. The van der Waals surface area contributed by atoms with Gasteiger partial charge < -0.3 is 24.8 Å². The number of aliphatic hydroxyl groups is 1. The smallest absolute Gasteiger partial charge is 0.392 e. The molecule has 5 atom stereocenters. The maximum Gasteiger partial charge on any atom is 0.471 e. The number of carbonyl (C=O) groups is 2. The predicted molar refractivity (Wildman–Crippen MR) is 208 cm³/mol. The zero-order valence-corrected chi connectivity index (χ0v) is 31.4. The summed E-state index contributed by atoms with van der Waals surface area (Å²) >= 11 is 0. The molecule has 5 aromatic carbocycles. The maximum absolute atomic E-state index is 13.1. The molecular weight excluding hydrogens is 720 g/mol. The number of benzene rings is 5. The minimum atomic E-state index is -5.03. The Morgan fingerprint density at radius 3 is 2.32 bits per heavy atom. The van der Waals surface area contributed by atoms with Crippen molar-refractivity contribution in [3.63, 3.8) is 0 Å². The fourth-order valence-electron chi connectivity index (χ4n) is 7.76. The molecule has 292 valence electrons. The van der Waals surface area contributed by atoms with Crippen LogP contribution in [0.1, 0.15) is 72.4 Å². The van der Waals surface area contributed by atoms with E-state index in [-0.39, 0.29) is 44.4 Å². The summed E-state index contributed by atoms with van der Waals surface area (Å²) in [5.41, 5.74) is 6.39. The SMILES string of the molecule is CC(c1ccc2ccccc2c1)N(C)CC1CC(c2ccc(CO)cc2)OC(c2ccc(-c3ccccc3CNC(=O)C3CCCN3C(=O)C(F)(F)F)cc2)O1. The Kier molecular flexibility index (Phi) is 11.9. The van der Waals surface area contributed by atoms with Crippen molar-refractivity contribution in [2.24, 2.45) is 0 Å². The fourth-order valence-corrected chi connectivity index (χ4v) is 7.76. The molecule has 0 bridgehead atoms. The van der Waals surface area contributed by atoms with Crippen LogP contribution in [0, 0.1) is 0 Å². The number of rotatable bonds is 11. The summed E-state index contributed by atoms with van der Waals surface area (Å²) < 4.78 is 52.7. The van der Waals surface area contributed by atoms with Crippen LogP contribution in [0.3, 0.4) is 0 Å². The number of nitrogens with zero attached hydrogens (tertiary/aromatic N) is 2. The third-order valence-electron chi connectivity index (χ3n) is 11.0. The molecule has 0 saturated carbocycles. The van der Waals surface area contributed by atoms with Gasteiger partial charge in [0.2, 0.25) is 5.91 Å². The lowest BCUT2D eigenvalue weighted by atomic mass is 9.97. The highest BCUT2D eigenvalue weighted by Crippen LogP contribution is 2.39. The first-order chi connectivity index (χ1) is 27.0. The highest BCUT2D eigenvalue weighted by atomic mass is 19.4. The van der Waals surface area contributed by atoms with Gasteiger partial charge in [-0.05, 0) is 77.0 Å². The topological polar surface area (TPSA) is 91.3 Å². The molecule has 2 amide bonds. The normalized spacial score (nSPS) is 20.7. The number of hydrogen-bond donors (Lipinski definition) is 2. The van der Waals surface area contributed by atoms with Crippen molar-refractivity contribution in [2.75, 3.05) is 20.1 Å². The van der Waals surface area contributed by atoms with E-state index in [2.05, 4.69) is 60.6 Å². The maximum atomic E-state index is 13.1. The monoisotopic (exact) mass is 765 g/mol. The molecule has 5 unspecified atom stereocenters. The molecule has 2 aliphatic rings. The molecule has 2 heterocycles. The molecule has 0 spiro atoms.